The Morgan fingerprint density at radius 1 is 1.05 bits per heavy atom. The second-order valence-corrected chi connectivity index (χ2v) is 4.97. The first-order valence-corrected chi connectivity index (χ1v) is 6.83. The van der Waals surface area contributed by atoms with Crippen LogP contribution in [0.3, 0.4) is 0 Å². The van der Waals surface area contributed by atoms with E-state index in [1.807, 2.05) is 24.3 Å². The van der Waals surface area contributed by atoms with Crippen molar-refractivity contribution in [3.8, 4) is 5.75 Å². The molecule has 0 spiro atoms. The lowest BCUT2D eigenvalue weighted by atomic mass is 10.1. The van der Waals surface area contributed by atoms with Crippen molar-refractivity contribution >= 4 is 16.7 Å². The second kappa shape index (κ2) is 5.85. The molecule has 0 aliphatic carbocycles. The van der Waals surface area contributed by atoms with Gasteiger partial charge in [0.1, 0.15) is 18.2 Å². The summed E-state index contributed by atoms with van der Waals surface area (Å²) in [5.41, 5.74) is 6.60. The Morgan fingerprint density at radius 3 is 2.50 bits per heavy atom. The highest BCUT2D eigenvalue weighted by molar-refractivity contribution is 6.00. The predicted octanol–water partition coefficient (Wildman–Crippen LogP) is 3.66. The quantitative estimate of drug-likeness (QED) is 0.798. The number of hydrogen-bond donors (Lipinski definition) is 1. The van der Waals surface area contributed by atoms with Gasteiger partial charge >= 0.3 is 0 Å². The van der Waals surface area contributed by atoms with Crippen molar-refractivity contribution in [3.05, 3.63) is 77.6 Å². The van der Waals surface area contributed by atoms with E-state index in [0.717, 1.165) is 16.3 Å². The first-order valence-electron chi connectivity index (χ1n) is 6.83. The number of ether oxygens (including phenoxy) is 1. The largest absolute Gasteiger partial charge is 0.488 e. The number of carbonyl (C=O) groups is 1. The van der Waals surface area contributed by atoms with Gasteiger partial charge in [0.15, 0.2) is 0 Å². The van der Waals surface area contributed by atoms with E-state index in [-0.39, 0.29) is 12.4 Å². The van der Waals surface area contributed by atoms with Gasteiger partial charge in [-0.05, 0) is 35.2 Å². The van der Waals surface area contributed by atoms with Crippen LogP contribution in [0.5, 0.6) is 5.75 Å². The Morgan fingerprint density at radius 2 is 1.77 bits per heavy atom. The average molecular weight is 295 g/mol. The van der Waals surface area contributed by atoms with Gasteiger partial charge in [0.2, 0.25) is 5.91 Å². The highest BCUT2D eigenvalue weighted by atomic mass is 19.1. The van der Waals surface area contributed by atoms with Gasteiger partial charge in [-0.1, -0.05) is 36.4 Å². The molecule has 0 unspecified atom stereocenters. The van der Waals surface area contributed by atoms with E-state index >= 15 is 0 Å². The molecule has 0 atom stereocenters. The average Bonchev–Trinajstić information content (AvgIpc) is 2.53. The number of nitrogens with two attached hydrogens (primary N) is 1. The van der Waals surface area contributed by atoms with Crippen molar-refractivity contribution in [1.29, 1.82) is 0 Å². The van der Waals surface area contributed by atoms with Crippen molar-refractivity contribution in [2.75, 3.05) is 0 Å². The molecule has 0 fully saturated rings. The molecule has 22 heavy (non-hydrogen) atoms. The Bertz CT molecular complexity index is 828. The van der Waals surface area contributed by atoms with Crippen LogP contribution in [0.1, 0.15) is 15.9 Å². The Hall–Kier alpha value is -2.88. The lowest BCUT2D eigenvalue weighted by Gasteiger charge is -2.11. The maximum Gasteiger partial charge on any atom is 0.248 e. The van der Waals surface area contributed by atoms with Crippen LogP contribution in [0.2, 0.25) is 0 Å². The van der Waals surface area contributed by atoms with Crippen LogP contribution < -0.4 is 10.5 Å². The minimum atomic E-state index is -0.502. The van der Waals surface area contributed by atoms with E-state index in [2.05, 4.69) is 0 Å². The fourth-order valence-corrected chi connectivity index (χ4v) is 2.28. The van der Waals surface area contributed by atoms with Crippen LogP contribution in [0.25, 0.3) is 10.8 Å². The Kier molecular flexibility index (Phi) is 3.74. The maximum absolute atomic E-state index is 12.9. The standard InChI is InChI=1S/C18H14FNO2/c19-15-7-5-12(6-8-15)11-22-17-10-14(18(20)21)9-13-3-1-2-4-16(13)17/h1-10H,11H2,(H2,20,21). The molecular weight excluding hydrogens is 281 g/mol. The molecule has 0 aromatic heterocycles. The Balaban J connectivity index is 1.94. The van der Waals surface area contributed by atoms with E-state index in [9.17, 15) is 9.18 Å². The molecule has 110 valence electrons. The minimum Gasteiger partial charge on any atom is -0.488 e. The van der Waals surface area contributed by atoms with Gasteiger partial charge in [-0.25, -0.2) is 4.39 Å². The van der Waals surface area contributed by atoms with E-state index in [0.29, 0.717) is 11.3 Å². The van der Waals surface area contributed by atoms with Crippen LogP contribution in [-0.2, 0) is 6.61 Å². The van der Waals surface area contributed by atoms with Crippen LogP contribution in [-0.4, -0.2) is 5.91 Å². The van der Waals surface area contributed by atoms with Crippen molar-refractivity contribution in [3.63, 3.8) is 0 Å². The van der Waals surface area contributed by atoms with Crippen molar-refractivity contribution in [2.24, 2.45) is 5.73 Å². The number of fused-ring (bicyclic) bond motifs is 1. The molecule has 4 heteroatoms. The summed E-state index contributed by atoms with van der Waals surface area (Å²) >= 11 is 0. The fraction of sp³-hybridized carbons (Fsp3) is 0.0556. The van der Waals surface area contributed by atoms with Gasteiger partial charge < -0.3 is 10.5 Å². The monoisotopic (exact) mass is 295 g/mol. The highest BCUT2D eigenvalue weighted by Gasteiger charge is 2.09. The van der Waals surface area contributed by atoms with Crippen LogP contribution in [0.4, 0.5) is 4.39 Å². The van der Waals surface area contributed by atoms with E-state index in [4.69, 9.17) is 10.5 Å². The molecule has 3 aromatic carbocycles. The molecule has 3 rings (SSSR count). The summed E-state index contributed by atoms with van der Waals surface area (Å²) in [6, 6.07) is 17.1. The van der Waals surface area contributed by atoms with Crippen LogP contribution >= 0.6 is 0 Å². The molecule has 0 aliphatic rings. The van der Waals surface area contributed by atoms with Gasteiger partial charge in [-0.2, -0.15) is 0 Å². The normalized spacial score (nSPS) is 10.6. The van der Waals surface area contributed by atoms with Gasteiger partial charge in [0.25, 0.3) is 0 Å². The number of hydrogen-bond acceptors (Lipinski definition) is 2. The summed E-state index contributed by atoms with van der Waals surface area (Å²) in [7, 11) is 0. The number of halogens is 1. The zero-order valence-corrected chi connectivity index (χ0v) is 11.8. The predicted molar refractivity (Wildman–Crippen MR) is 83.2 cm³/mol. The molecular formula is C18H14FNO2. The lowest BCUT2D eigenvalue weighted by Crippen LogP contribution is -2.11. The smallest absolute Gasteiger partial charge is 0.248 e. The van der Waals surface area contributed by atoms with Crippen molar-refractivity contribution in [1.82, 2.24) is 0 Å². The molecule has 0 saturated carbocycles. The number of carbonyl (C=O) groups excluding carboxylic acids is 1. The number of amides is 1. The van der Waals surface area contributed by atoms with Gasteiger partial charge in [-0.15, -0.1) is 0 Å². The van der Waals surface area contributed by atoms with Crippen LogP contribution in [0, 0.1) is 5.82 Å². The van der Waals surface area contributed by atoms with Crippen molar-refractivity contribution in [2.45, 2.75) is 6.61 Å². The number of rotatable bonds is 4. The number of benzene rings is 3. The molecule has 2 N–H and O–H groups in total. The molecule has 3 aromatic rings. The summed E-state index contributed by atoms with van der Waals surface area (Å²) in [4.78, 5) is 11.4. The summed E-state index contributed by atoms with van der Waals surface area (Å²) in [5, 5.41) is 1.78. The minimum absolute atomic E-state index is 0.284. The fourth-order valence-electron chi connectivity index (χ4n) is 2.28. The summed E-state index contributed by atoms with van der Waals surface area (Å²) in [6.45, 7) is 0.284. The van der Waals surface area contributed by atoms with Crippen LogP contribution in [0.15, 0.2) is 60.7 Å². The lowest BCUT2D eigenvalue weighted by molar-refractivity contribution is 0.1000. The SMILES string of the molecule is NC(=O)c1cc(OCc2ccc(F)cc2)c2ccccc2c1. The third-order valence-corrected chi connectivity index (χ3v) is 3.42. The van der Waals surface area contributed by atoms with Gasteiger partial charge in [-0.3, -0.25) is 4.79 Å². The molecule has 0 bridgehead atoms. The molecule has 1 amide bonds. The Labute approximate surface area is 127 Å². The molecule has 0 saturated heterocycles. The van der Waals surface area contributed by atoms with E-state index in [1.165, 1.54) is 12.1 Å². The summed E-state index contributed by atoms with van der Waals surface area (Å²) in [5.74, 6) is -0.210. The topological polar surface area (TPSA) is 52.3 Å². The molecule has 0 aliphatic heterocycles. The molecule has 0 radical (unpaired) electrons. The highest BCUT2D eigenvalue weighted by Crippen LogP contribution is 2.28. The van der Waals surface area contributed by atoms with Gasteiger partial charge in [0, 0.05) is 10.9 Å². The van der Waals surface area contributed by atoms with Gasteiger partial charge in [0.05, 0.1) is 0 Å². The second-order valence-electron chi connectivity index (χ2n) is 4.97. The van der Waals surface area contributed by atoms with E-state index < -0.39 is 5.91 Å². The van der Waals surface area contributed by atoms with Crippen molar-refractivity contribution < 1.29 is 13.9 Å². The third-order valence-electron chi connectivity index (χ3n) is 3.42. The molecule has 3 nitrogen and oxygen atoms in total. The molecule has 0 heterocycles. The third kappa shape index (κ3) is 2.91. The first-order chi connectivity index (χ1) is 10.6. The summed E-state index contributed by atoms with van der Waals surface area (Å²) in [6.07, 6.45) is 0. The maximum atomic E-state index is 12.9. The summed E-state index contributed by atoms with van der Waals surface area (Å²) < 4.78 is 18.7. The number of primary amides is 1. The first kappa shape index (κ1) is 14.1. The zero-order valence-electron chi connectivity index (χ0n) is 11.8. The van der Waals surface area contributed by atoms with E-state index in [1.54, 1.807) is 24.3 Å². The zero-order chi connectivity index (χ0) is 15.5.